The summed E-state index contributed by atoms with van der Waals surface area (Å²) in [4.78, 5) is 24.2. The molecule has 2 unspecified atom stereocenters. The molecular weight excluding hydrogens is 505 g/mol. The number of likely N-dealkylation sites (N-methyl/N-ethyl adjacent to an activating group) is 1. The lowest BCUT2D eigenvalue weighted by molar-refractivity contribution is -0.870. The van der Waals surface area contributed by atoms with Crippen molar-refractivity contribution in [3.63, 3.8) is 0 Å². The standard InChI is InChI=1S/C29H60NO7P/c1-6-8-10-11-12-13-14-15-16-17-18-19-20-21-24-34-26-28(37-29(31)22-9-7-2)27-36-38(32,33)35-25-23-30(3,4)5/h28H,6-27H2,1-5H3. The second-order valence-electron chi connectivity index (χ2n) is 11.5. The Morgan fingerprint density at radius 2 is 1.21 bits per heavy atom. The Bertz CT molecular complexity index is 598. The number of unbranched alkanes of at least 4 members (excludes halogenated alkanes) is 14. The van der Waals surface area contributed by atoms with Gasteiger partial charge in [-0.1, -0.05) is 104 Å². The zero-order valence-corrected chi connectivity index (χ0v) is 26.3. The van der Waals surface area contributed by atoms with Crippen molar-refractivity contribution in [2.45, 2.75) is 129 Å². The lowest BCUT2D eigenvalue weighted by Gasteiger charge is -2.28. The number of esters is 1. The van der Waals surface area contributed by atoms with Crippen LogP contribution in [0.25, 0.3) is 0 Å². The van der Waals surface area contributed by atoms with Gasteiger partial charge in [0.2, 0.25) is 0 Å². The summed E-state index contributed by atoms with van der Waals surface area (Å²) in [6.07, 6.45) is 19.2. The lowest BCUT2D eigenvalue weighted by atomic mass is 10.0. The molecule has 0 aliphatic heterocycles. The van der Waals surface area contributed by atoms with Gasteiger partial charge in [-0.25, -0.2) is 0 Å². The molecule has 0 aliphatic rings. The van der Waals surface area contributed by atoms with Crippen LogP contribution >= 0.6 is 7.82 Å². The third-order valence-corrected chi connectivity index (χ3v) is 7.37. The number of carbonyl (C=O) groups excluding carboxylic acids is 1. The number of rotatable bonds is 28. The van der Waals surface area contributed by atoms with Crippen molar-refractivity contribution in [1.82, 2.24) is 0 Å². The maximum Gasteiger partial charge on any atom is 0.306 e. The van der Waals surface area contributed by atoms with E-state index in [2.05, 4.69) is 6.92 Å². The molecule has 38 heavy (non-hydrogen) atoms. The third-order valence-electron chi connectivity index (χ3n) is 6.41. The van der Waals surface area contributed by atoms with Crippen molar-refractivity contribution in [3.8, 4) is 0 Å². The van der Waals surface area contributed by atoms with Crippen LogP contribution in [0.1, 0.15) is 123 Å². The summed E-state index contributed by atoms with van der Waals surface area (Å²) in [6, 6.07) is 0. The number of nitrogens with zero attached hydrogens (tertiary/aromatic N) is 1. The molecule has 0 radical (unpaired) electrons. The molecule has 0 amide bonds. The number of phosphoric acid groups is 1. The number of carbonyl (C=O) groups is 1. The Labute approximate surface area is 234 Å². The van der Waals surface area contributed by atoms with E-state index >= 15 is 0 Å². The molecule has 0 N–H and O–H groups in total. The summed E-state index contributed by atoms with van der Waals surface area (Å²) >= 11 is 0. The quantitative estimate of drug-likeness (QED) is 0.0446. The predicted octanol–water partition coefficient (Wildman–Crippen LogP) is 6.79. The number of quaternary nitrogens is 1. The highest BCUT2D eigenvalue weighted by molar-refractivity contribution is 7.45. The van der Waals surface area contributed by atoms with Crippen LogP contribution in [0.15, 0.2) is 0 Å². The Morgan fingerprint density at radius 1 is 0.711 bits per heavy atom. The molecule has 2 atom stereocenters. The van der Waals surface area contributed by atoms with E-state index in [1.165, 1.54) is 77.0 Å². The normalized spacial score (nSPS) is 14.4. The number of hydrogen-bond acceptors (Lipinski definition) is 7. The zero-order valence-electron chi connectivity index (χ0n) is 25.4. The molecule has 0 rings (SSSR count). The largest absolute Gasteiger partial charge is 0.756 e. The van der Waals surface area contributed by atoms with E-state index in [1.807, 2.05) is 28.1 Å². The van der Waals surface area contributed by atoms with E-state index in [0.29, 0.717) is 24.1 Å². The van der Waals surface area contributed by atoms with Crippen LogP contribution in [0, 0.1) is 0 Å². The Morgan fingerprint density at radius 3 is 1.71 bits per heavy atom. The fraction of sp³-hybridized carbons (Fsp3) is 0.966. The first-order valence-electron chi connectivity index (χ1n) is 15.3. The smallest absolute Gasteiger partial charge is 0.306 e. The van der Waals surface area contributed by atoms with Gasteiger partial charge in [0.1, 0.15) is 19.3 Å². The summed E-state index contributed by atoms with van der Waals surface area (Å²) in [5, 5.41) is 0. The zero-order chi connectivity index (χ0) is 28.5. The monoisotopic (exact) mass is 565 g/mol. The van der Waals surface area contributed by atoms with Crippen LogP contribution in [0.4, 0.5) is 0 Å². The highest BCUT2D eigenvalue weighted by atomic mass is 31.2. The summed E-state index contributed by atoms with van der Waals surface area (Å²) in [5.41, 5.74) is 0. The van der Waals surface area contributed by atoms with Gasteiger partial charge in [0, 0.05) is 13.0 Å². The Kier molecular flexibility index (Phi) is 24.0. The molecule has 0 saturated heterocycles. The fourth-order valence-electron chi connectivity index (χ4n) is 3.93. The second-order valence-corrected chi connectivity index (χ2v) is 12.9. The molecule has 0 bridgehead atoms. The molecule has 0 spiro atoms. The van der Waals surface area contributed by atoms with Gasteiger partial charge >= 0.3 is 5.97 Å². The first kappa shape index (κ1) is 37.5. The third kappa shape index (κ3) is 27.1. The van der Waals surface area contributed by atoms with E-state index in [9.17, 15) is 14.3 Å². The van der Waals surface area contributed by atoms with E-state index in [0.717, 1.165) is 25.7 Å². The van der Waals surface area contributed by atoms with Crippen LogP contribution in [0.5, 0.6) is 0 Å². The molecule has 9 heteroatoms. The van der Waals surface area contributed by atoms with Crippen molar-refractivity contribution in [3.05, 3.63) is 0 Å². The lowest BCUT2D eigenvalue weighted by Crippen LogP contribution is -2.37. The molecule has 0 saturated carbocycles. The Hall–Kier alpha value is -0.500. The van der Waals surface area contributed by atoms with Gasteiger partial charge in [0.05, 0.1) is 34.4 Å². The van der Waals surface area contributed by atoms with Crippen molar-refractivity contribution in [2.75, 3.05) is 54.1 Å². The average Bonchev–Trinajstić information content (AvgIpc) is 2.84. The van der Waals surface area contributed by atoms with E-state index in [-0.39, 0.29) is 25.8 Å². The minimum Gasteiger partial charge on any atom is -0.756 e. The fourth-order valence-corrected chi connectivity index (χ4v) is 4.66. The van der Waals surface area contributed by atoms with Crippen LogP contribution in [-0.4, -0.2) is 70.7 Å². The summed E-state index contributed by atoms with van der Waals surface area (Å²) in [6.45, 7) is 5.16. The Balaban J connectivity index is 4.03. The SMILES string of the molecule is CCCCCCCCCCCCCCCCOCC(COP(=O)([O-])OCC[N+](C)(C)C)OC(=O)CCCC. The molecule has 8 nitrogen and oxygen atoms in total. The summed E-state index contributed by atoms with van der Waals surface area (Å²) in [5.74, 6) is -0.368. The van der Waals surface area contributed by atoms with Gasteiger partial charge in [0.25, 0.3) is 7.82 Å². The minimum absolute atomic E-state index is 0.0286. The van der Waals surface area contributed by atoms with Crippen LogP contribution in [0.2, 0.25) is 0 Å². The highest BCUT2D eigenvalue weighted by Crippen LogP contribution is 2.38. The van der Waals surface area contributed by atoms with Crippen molar-refractivity contribution in [1.29, 1.82) is 0 Å². The minimum atomic E-state index is -4.48. The molecule has 0 heterocycles. The highest BCUT2D eigenvalue weighted by Gasteiger charge is 2.20. The first-order chi connectivity index (χ1) is 18.1. The van der Waals surface area contributed by atoms with Crippen molar-refractivity contribution < 1.29 is 37.3 Å². The molecule has 0 aromatic heterocycles. The van der Waals surface area contributed by atoms with Gasteiger partial charge < -0.3 is 27.9 Å². The summed E-state index contributed by atoms with van der Waals surface area (Å²) < 4.78 is 33.7. The van der Waals surface area contributed by atoms with Crippen LogP contribution in [0.3, 0.4) is 0 Å². The average molecular weight is 566 g/mol. The molecule has 0 aromatic rings. The van der Waals surface area contributed by atoms with E-state index in [1.54, 1.807) is 0 Å². The van der Waals surface area contributed by atoms with Crippen molar-refractivity contribution in [2.24, 2.45) is 0 Å². The number of phosphoric ester groups is 1. The molecule has 0 fully saturated rings. The topological polar surface area (TPSA) is 94.1 Å². The summed E-state index contributed by atoms with van der Waals surface area (Å²) in [7, 11) is 1.36. The van der Waals surface area contributed by atoms with Crippen LogP contribution < -0.4 is 4.89 Å². The van der Waals surface area contributed by atoms with Crippen molar-refractivity contribution >= 4 is 13.8 Å². The molecule has 0 aliphatic carbocycles. The molecule has 228 valence electrons. The van der Waals surface area contributed by atoms with Crippen LogP contribution in [-0.2, 0) is 27.9 Å². The van der Waals surface area contributed by atoms with Gasteiger partial charge in [-0.2, -0.15) is 0 Å². The maximum atomic E-state index is 12.1. The van der Waals surface area contributed by atoms with Gasteiger partial charge in [-0.05, 0) is 12.8 Å². The molecule has 0 aromatic carbocycles. The van der Waals surface area contributed by atoms with Gasteiger partial charge in [-0.3, -0.25) is 9.36 Å². The molecular formula is C29H60NO7P. The number of hydrogen-bond donors (Lipinski definition) is 0. The van der Waals surface area contributed by atoms with Gasteiger partial charge in [-0.15, -0.1) is 0 Å². The second kappa shape index (κ2) is 24.3. The number of ether oxygens (including phenoxy) is 2. The van der Waals surface area contributed by atoms with Gasteiger partial charge in [0.15, 0.2) is 0 Å². The first-order valence-corrected chi connectivity index (χ1v) is 16.7. The van der Waals surface area contributed by atoms with E-state index in [4.69, 9.17) is 18.5 Å². The maximum absolute atomic E-state index is 12.1. The predicted molar refractivity (Wildman–Crippen MR) is 153 cm³/mol. The van der Waals surface area contributed by atoms with E-state index < -0.39 is 13.9 Å².